The number of nitrogens with zero attached hydrogens (tertiary/aromatic N) is 4. The Balaban J connectivity index is 2.11. The van der Waals surface area contributed by atoms with Gasteiger partial charge < -0.3 is 4.90 Å². The molecule has 2 saturated heterocycles. The molecule has 0 bridgehead atoms. The van der Waals surface area contributed by atoms with E-state index in [0.717, 1.165) is 75.8 Å². The molecule has 3 rings (SSSR count). The van der Waals surface area contributed by atoms with Crippen molar-refractivity contribution in [1.82, 2.24) is 9.47 Å². The minimum Gasteiger partial charge on any atom is -0.357 e. The molecule has 1 aromatic rings. The van der Waals surface area contributed by atoms with Crippen LogP contribution in [0.3, 0.4) is 0 Å². The quantitative estimate of drug-likeness (QED) is 0.235. The highest BCUT2D eigenvalue weighted by Gasteiger charge is 2.34. The number of piperidine rings is 1. The van der Waals surface area contributed by atoms with Gasteiger partial charge in [0.15, 0.2) is 0 Å². The first-order chi connectivity index (χ1) is 17.8. The van der Waals surface area contributed by atoms with E-state index in [4.69, 9.17) is 12.2 Å². The van der Waals surface area contributed by atoms with Gasteiger partial charge in [-0.1, -0.05) is 77.4 Å². The molecule has 2 fully saturated rings. The fraction of sp³-hybridized carbons (Fsp3) is 0.655. The summed E-state index contributed by atoms with van der Waals surface area (Å²) in [6.07, 6.45) is 10.3. The summed E-state index contributed by atoms with van der Waals surface area (Å²) < 4.78 is 2.38. The van der Waals surface area contributed by atoms with Crippen molar-refractivity contribution in [2.75, 3.05) is 24.5 Å². The molecule has 2 atom stereocenters. The third-order valence-electron chi connectivity index (χ3n) is 7.67. The largest absolute Gasteiger partial charge is 0.357 e. The van der Waals surface area contributed by atoms with Crippen molar-refractivity contribution < 1.29 is 4.79 Å². The van der Waals surface area contributed by atoms with Crippen molar-refractivity contribution in [1.29, 1.82) is 5.26 Å². The molecule has 3 heterocycles. The molecule has 2 unspecified atom stereocenters. The number of hydrogen-bond acceptors (Lipinski definition) is 6. The molecule has 0 aromatic carbocycles. The average Bonchev–Trinajstić information content (AvgIpc) is 3.14. The maximum absolute atomic E-state index is 13.6. The molecular formula is C29H42N4O2S2. The van der Waals surface area contributed by atoms with Gasteiger partial charge in [-0.3, -0.25) is 19.1 Å². The van der Waals surface area contributed by atoms with Crippen molar-refractivity contribution in [3.05, 3.63) is 31.9 Å². The predicted octanol–water partition coefficient (Wildman–Crippen LogP) is 6.48. The molecule has 37 heavy (non-hydrogen) atoms. The molecule has 1 aromatic heterocycles. The lowest BCUT2D eigenvalue weighted by molar-refractivity contribution is -0.122. The third kappa shape index (κ3) is 6.67. The van der Waals surface area contributed by atoms with Gasteiger partial charge in [0, 0.05) is 31.7 Å². The number of nitriles is 1. The zero-order valence-electron chi connectivity index (χ0n) is 23.1. The second-order valence-corrected chi connectivity index (χ2v) is 12.2. The molecule has 0 radical (unpaired) electrons. The van der Waals surface area contributed by atoms with Crippen LogP contribution in [0.5, 0.6) is 0 Å². The SMILES string of the molecule is CCCCC(CC)CN1C(=O)C(=Cc2c(C)c(C#N)c(=O)n(CCCC)c2N2CCCC(C)C2)SC1=S. The number of hydrogen-bond donors (Lipinski definition) is 0. The number of thioether (sulfide) groups is 1. The highest BCUT2D eigenvalue weighted by atomic mass is 32.2. The number of pyridine rings is 1. The molecule has 1 amide bonds. The Labute approximate surface area is 232 Å². The number of amides is 1. The molecule has 0 spiro atoms. The van der Waals surface area contributed by atoms with Crippen LogP contribution in [-0.4, -0.2) is 39.3 Å². The van der Waals surface area contributed by atoms with Gasteiger partial charge >= 0.3 is 0 Å². The lowest BCUT2D eigenvalue weighted by atomic mass is 9.97. The topological polar surface area (TPSA) is 69.3 Å². The van der Waals surface area contributed by atoms with Crippen LogP contribution >= 0.6 is 24.0 Å². The van der Waals surface area contributed by atoms with Crippen molar-refractivity contribution >= 4 is 46.1 Å². The Hall–Kier alpha value is -2.11. The monoisotopic (exact) mass is 542 g/mol. The smallest absolute Gasteiger partial charge is 0.270 e. The van der Waals surface area contributed by atoms with E-state index < -0.39 is 0 Å². The highest BCUT2D eigenvalue weighted by Crippen LogP contribution is 2.37. The molecule has 0 aliphatic carbocycles. The van der Waals surface area contributed by atoms with Crippen molar-refractivity contribution in [2.45, 2.75) is 92.5 Å². The van der Waals surface area contributed by atoms with Crippen LogP contribution in [0.25, 0.3) is 6.08 Å². The summed E-state index contributed by atoms with van der Waals surface area (Å²) in [5.41, 5.74) is 1.39. The number of thiocarbonyl (C=S) groups is 1. The Morgan fingerprint density at radius 3 is 2.57 bits per heavy atom. The van der Waals surface area contributed by atoms with Crippen LogP contribution in [0.1, 0.15) is 95.8 Å². The zero-order valence-corrected chi connectivity index (χ0v) is 24.8. The van der Waals surface area contributed by atoms with Gasteiger partial charge in [0.2, 0.25) is 0 Å². The first-order valence-corrected chi connectivity index (χ1v) is 15.2. The first-order valence-electron chi connectivity index (χ1n) is 13.9. The summed E-state index contributed by atoms with van der Waals surface area (Å²) >= 11 is 7.00. The van der Waals surface area contributed by atoms with E-state index in [0.29, 0.717) is 39.7 Å². The van der Waals surface area contributed by atoms with Crippen LogP contribution in [0.2, 0.25) is 0 Å². The normalized spacial score (nSPS) is 20.1. The first kappa shape index (κ1) is 29.4. The van der Waals surface area contributed by atoms with E-state index in [1.54, 1.807) is 9.47 Å². The van der Waals surface area contributed by atoms with Crippen LogP contribution < -0.4 is 10.5 Å². The van der Waals surface area contributed by atoms with Crippen LogP contribution in [0, 0.1) is 30.1 Å². The molecule has 0 saturated carbocycles. The van der Waals surface area contributed by atoms with E-state index in [2.05, 4.69) is 38.7 Å². The Morgan fingerprint density at radius 1 is 1.22 bits per heavy atom. The fourth-order valence-electron chi connectivity index (χ4n) is 5.35. The van der Waals surface area contributed by atoms with Gasteiger partial charge in [-0.25, -0.2) is 0 Å². The van der Waals surface area contributed by atoms with Gasteiger partial charge in [-0.2, -0.15) is 5.26 Å². The van der Waals surface area contributed by atoms with Gasteiger partial charge in [-0.15, -0.1) is 0 Å². The van der Waals surface area contributed by atoms with Crippen LogP contribution in [-0.2, 0) is 11.3 Å². The second-order valence-electron chi connectivity index (χ2n) is 10.6. The number of anilines is 1. The van der Waals surface area contributed by atoms with Crippen molar-refractivity contribution in [3.8, 4) is 6.07 Å². The number of rotatable bonds is 11. The van der Waals surface area contributed by atoms with E-state index in [1.807, 2.05) is 13.0 Å². The number of carbonyl (C=O) groups is 1. The second kappa shape index (κ2) is 13.6. The molecule has 2 aliphatic rings. The van der Waals surface area contributed by atoms with Gasteiger partial charge in [-0.05, 0) is 56.1 Å². The van der Waals surface area contributed by atoms with E-state index in [1.165, 1.54) is 11.8 Å². The number of aromatic nitrogens is 1. The standard InChI is InChI=1S/C29H42N4O2S2/c1-6-9-13-22(8-3)19-33-28(35)25(37-29(33)36)16-23-21(5)24(17-30)27(34)32(15-10-7-2)26(23)31-14-11-12-20(4)18-31/h16,20,22H,6-15,18-19H2,1-5H3. The Kier molecular flexibility index (Phi) is 10.8. The van der Waals surface area contributed by atoms with Gasteiger partial charge in [0.05, 0.1) is 4.91 Å². The summed E-state index contributed by atoms with van der Waals surface area (Å²) in [4.78, 5) is 31.7. The van der Waals surface area contributed by atoms with Crippen LogP contribution in [0.15, 0.2) is 9.70 Å². The summed E-state index contributed by atoms with van der Waals surface area (Å²) in [5.74, 6) is 1.72. The summed E-state index contributed by atoms with van der Waals surface area (Å²) in [6.45, 7) is 13.5. The minimum atomic E-state index is -0.229. The molecule has 0 N–H and O–H groups in total. The average molecular weight is 543 g/mol. The van der Waals surface area contributed by atoms with Crippen molar-refractivity contribution in [2.24, 2.45) is 11.8 Å². The zero-order chi connectivity index (χ0) is 27.1. The maximum Gasteiger partial charge on any atom is 0.270 e. The number of carbonyl (C=O) groups excluding carboxylic acids is 1. The molecular weight excluding hydrogens is 500 g/mol. The Bertz CT molecular complexity index is 1130. The third-order valence-corrected chi connectivity index (χ3v) is 9.05. The molecule has 202 valence electrons. The van der Waals surface area contributed by atoms with E-state index in [-0.39, 0.29) is 17.0 Å². The summed E-state index contributed by atoms with van der Waals surface area (Å²) in [5, 5.41) is 9.91. The molecule has 8 heteroatoms. The minimum absolute atomic E-state index is 0.0628. The fourth-order valence-corrected chi connectivity index (χ4v) is 6.61. The number of unbranched alkanes of at least 4 members (excludes halogenated alkanes) is 2. The van der Waals surface area contributed by atoms with Crippen molar-refractivity contribution in [3.63, 3.8) is 0 Å². The summed E-state index contributed by atoms with van der Waals surface area (Å²) in [7, 11) is 0. The molecule has 2 aliphatic heterocycles. The van der Waals surface area contributed by atoms with E-state index >= 15 is 0 Å². The van der Waals surface area contributed by atoms with Crippen LogP contribution in [0.4, 0.5) is 5.82 Å². The highest BCUT2D eigenvalue weighted by molar-refractivity contribution is 8.26. The molecule has 6 nitrogen and oxygen atoms in total. The van der Waals surface area contributed by atoms with Gasteiger partial charge in [0.25, 0.3) is 11.5 Å². The lowest BCUT2D eigenvalue weighted by Gasteiger charge is -2.36. The maximum atomic E-state index is 13.6. The van der Waals surface area contributed by atoms with Gasteiger partial charge in [0.1, 0.15) is 21.8 Å². The van der Waals surface area contributed by atoms with E-state index in [9.17, 15) is 14.9 Å². The Morgan fingerprint density at radius 2 is 1.95 bits per heavy atom. The lowest BCUT2D eigenvalue weighted by Crippen LogP contribution is -2.40. The summed E-state index contributed by atoms with van der Waals surface area (Å²) in [6, 6.07) is 2.16. The predicted molar refractivity (Wildman–Crippen MR) is 159 cm³/mol.